The van der Waals surface area contributed by atoms with Gasteiger partial charge in [-0.1, -0.05) is 178 Å². The highest BCUT2D eigenvalue weighted by molar-refractivity contribution is 5.98. The van der Waals surface area contributed by atoms with Gasteiger partial charge in [0.1, 0.15) is 0 Å². The molecule has 11 rings (SSSR count). The molecule has 61 heavy (non-hydrogen) atoms. The lowest BCUT2D eigenvalue weighted by molar-refractivity contribution is 0.666. The molecular formula is C57H40N4. The third-order valence-electron chi connectivity index (χ3n) is 12.2. The van der Waals surface area contributed by atoms with Crippen molar-refractivity contribution in [3.63, 3.8) is 0 Å². The number of hydrogen-bond acceptors (Lipinski definition) is 4. The van der Waals surface area contributed by atoms with Crippen molar-refractivity contribution in [2.24, 2.45) is 0 Å². The van der Waals surface area contributed by atoms with Crippen LogP contribution < -0.4 is 0 Å². The normalized spacial score (nSPS) is 12.6. The largest absolute Gasteiger partial charge is 0.264 e. The Hall–Kier alpha value is -7.82. The summed E-state index contributed by atoms with van der Waals surface area (Å²) in [5.74, 6) is 1.88. The van der Waals surface area contributed by atoms with E-state index in [-0.39, 0.29) is 5.41 Å². The van der Waals surface area contributed by atoms with Crippen LogP contribution in [0.5, 0.6) is 0 Å². The fourth-order valence-electron chi connectivity index (χ4n) is 9.09. The van der Waals surface area contributed by atoms with Gasteiger partial charge in [-0.2, -0.15) is 0 Å². The third-order valence-corrected chi connectivity index (χ3v) is 12.2. The second-order valence-electron chi connectivity index (χ2n) is 16.3. The zero-order valence-corrected chi connectivity index (χ0v) is 33.9. The summed E-state index contributed by atoms with van der Waals surface area (Å²) in [6.45, 7) is 4.72. The van der Waals surface area contributed by atoms with Crippen LogP contribution in [0.4, 0.5) is 0 Å². The van der Waals surface area contributed by atoms with E-state index in [0.717, 1.165) is 44.5 Å². The van der Waals surface area contributed by atoms with Crippen molar-refractivity contribution < 1.29 is 0 Å². The molecule has 2 aromatic heterocycles. The molecule has 0 saturated heterocycles. The van der Waals surface area contributed by atoms with Crippen molar-refractivity contribution >= 4 is 10.8 Å². The summed E-state index contributed by atoms with van der Waals surface area (Å²) < 4.78 is 0. The number of rotatable bonds is 7. The monoisotopic (exact) mass is 780 g/mol. The molecule has 0 atom stereocenters. The van der Waals surface area contributed by atoms with E-state index in [1.165, 1.54) is 49.7 Å². The second-order valence-corrected chi connectivity index (χ2v) is 16.3. The number of hydrogen-bond donors (Lipinski definition) is 0. The molecule has 2 heterocycles. The van der Waals surface area contributed by atoms with Crippen LogP contribution in [0.2, 0.25) is 0 Å². The van der Waals surface area contributed by atoms with E-state index in [0.29, 0.717) is 17.5 Å². The summed E-state index contributed by atoms with van der Waals surface area (Å²) in [7, 11) is 0. The standard InChI is InChI=1S/C57H40N4/c1-57(2)52-30-28-46(35-51(52)50-29-27-38-12-6-7-22-49(38)53(50)57)44-18-9-16-42(33-44)41-15-8-17-43(32-41)45-19-10-20-47(34-45)56-60-54(39-13-4-3-5-14-39)59-55(61-56)40-25-23-37(24-26-40)48-21-11-31-58-36-48/h3-36H,1-2H3. The fraction of sp³-hybridized carbons (Fsp3) is 0.0526. The summed E-state index contributed by atoms with van der Waals surface area (Å²) in [5.41, 5.74) is 17.3. The first-order chi connectivity index (χ1) is 30.0. The molecule has 4 heteroatoms. The first kappa shape index (κ1) is 36.3. The van der Waals surface area contributed by atoms with Gasteiger partial charge < -0.3 is 0 Å². The molecule has 0 saturated carbocycles. The molecule has 0 radical (unpaired) electrons. The summed E-state index contributed by atoms with van der Waals surface area (Å²) in [4.78, 5) is 19.3. The summed E-state index contributed by atoms with van der Waals surface area (Å²) in [6, 6.07) is 69.0. The lowest BCUT2D eigenvalue weighted by Gasteiger charge is -2.23. The Kier molecular flexibility index (Phi) is 8.79. The molecule has 0 unspecified atom stereocenters. The summed E-state index contributed by atoms with van der Waals surface area (Å²) in [5, 5.41) is 2.63. The van der Waals surface area contributed by atoms with Crippen LogP contribution in [0.15, 0.2) is 207 Å². The second kappa shape index (κ2) is 14.8. The predicted octanol–water partition coefficient (Wildman–Crippen LogP) is 14.4. The molecule has 0 N–H and O–H groups in total. The van der Waals surface area contributed by atoms with E-state index in [1.807, 2.05) is 42.6 Å². The van der Waals surface area contributed by atoms with E-state index in [2.05, 4.69) is 177 Å². The van der Waals surface area contributed by atoms with Gasteiger partial charge in [0, 0.05) is 34.5 Å². The van der Waals surface area contributed by atoms with Gasteiger partial charge in [0.2, 0.25) is 0 Å². The number of pyridine rings is 1. The van der Waals surface area contributed by atoms with Crippen molar-refractivity contribution in [2.45, 2.75) is 19.3 Å². The van der Waals surface area contributed by atoms with E-state index in [9.17, 15) is 0 Å². The van der Waals surface area contributed by atoms with Crippen molar-refractivity contribution in [2.75, 3.05) is 0 Å². The number of aromatic nitrogens is 4. The molecule has 1 aliphatic carbocycles. The van der Waals surface area contributed by atoms with Gasteiger partial charge in [-0.3, -0.25) is 4.98 Å². The molecule has 4 nitrogen and oxygen atoms in total. The third kappa shape index (κ3) is 6.59. The predicted molar refractivity (Wildman–Crippen MR) is 251 cm³/mol. The Bertz CT molecular complexity index is 3260. The first-order valence-corrected chi connectivity index (χ1v) is 20.8. The van der Waals surface area contributed by atoms with Crippen LogP contribution in [-0.4, -0.2) is 19.9 Å². The van der Waals surface area contributed by atoms with Gasteiger partial charge in [0.05, 0.1) is 0 Å². The molecule has 10 aromatic rings. The molecule has 288 valence electrons. The maximum Gasteiger partial charge on any atom is 0.164 e. The minimum Gasteiger partial charge on any atom is -0.264 e. The topological polar surface area (TPSA) is 51.6 Å². The quantitative estimate of drug-likeness (QED) is 0.162. The van der Waals surface area contributed by atoms with Crippen molar-refractivity contribution in [1.29, 1.82) is 0 Å². The Morgan fingerprint density at radius 1 is 0.344 bits per heavy atom. The van der Waals surface area contributed by atoms with E-state index in [1.54, 1.807) is 6.20 Å². The zero-order valence-electron chi connectivity index (χ0n) is 33.9. The average Bonchev–Trinajstić information content (AvgIpc) is 3.57. The minimum atomic E-state index is -0.0764. The summed E-state index contributed by atoms with van der Waals surface area (Å²) in [6.07, 6.45) is 3.66. The van der Waals surface area contributed by atoms with Crippen LogP contribution in [0, 0.1) is 0 Å². The fourth-order valence-corrected chi connectivity index (χ4v) is 9.09. The maximum atomic E-state index is 5.06. The molecule has 0 fully saturated rings. The molecule has 1 aliphatic rings. The maximum absolute atomic E-state index is 5.06. The highest BCUT2D eigenvalue weighted by Gasteiger charge is 2.37. The molecule has 0 amide bonds. The molecule has 0 spiro atoms. The van der Waals surface area contributed by atoms with Gasteiger partial charge in [-0.05, 0) is 108 Å². The van der Waals surface area contributed by atoms with E-state index >= 15 is 0 Å². The SMILES string of the molecule is CC1(C)c2ccc(-c3cccc(-c4cccc(-c5cccc(-c6nc(-c7ccccc7)nc(-c7ccc(-c8cccnc8)cc7)n6)c5)c4)c3)cc2-c2ccc3ccccc3c21. The Balaban J connectivity index is 0.925. The van der Waals surface area contributed by atoms with Crippen LogP contribution in [0.25, 0.3) is 101 Å². The van der Waals surface area contributed by atoms with Crippen molar-refractivity contribution in [3.8, 4) is 89.8 Å². The van der Waals surface area contributed by atoms with Crippen LogP contribution in [0.1, 0.15) is 25.0 Å². The minimum absolute atomic E-state index is 0.0764. The highest BCUT2D eigenvalue weighted by Crippen LogP contribution is 2.52. The van der Waals surface area contributed by atoms with Gasteiger partial charge in [-0.25, -0.2) is 15.0 Å². The van der Waals surface area contributed by atoms with E-state index in [4.69, 9.17) is 15.0 Å². The molecular weight excluding hydrogens is 741 g/mol. The Labute approximate surface area is 356 Å². The van der Waals surface area contributed by atoms with Crippen LogP contribution in [-0.2, 0) is 5.41 Å². The molecule has 8 aromatic carbocycles. The highest BCUT2D eigenvalue weighted by atomic mass is 15.0. The van der Waals surface area contributed by atoms with Gasteiger partial charge in [0.15, 0.2) is 17.5 Å². The van der Waals surface area contributed by atoms with Crippen molar-refractivity contribution in [3.05, 3.63) is 218 Å². The Morgan fingerprint density at radius 2 is 0.836 bits per heavy atom. The van der Waals surface area contributed by atoms with Gasteiger partial charge in [0.25, 0.3) is 0 Å². The lowest BCUT2D eigenvalue weighted by Crippen LogP contribution is -2.15. The van der Waals surface area contributed by atoms with Gasteiger partial charge in [-0.15, -0.1) is 0 Å². The van der Waals surface area contributed by atoms with Crippen LogP contribution in [0.3, 0.4) is 0 Å². The number of fused-ring (bicyclic) bond motifs is 5. The number of nitrogens with zero attached hydrogens (tertiary/aromatic N) is 4. The summed E-state index contributed by atoms with van der Waals surface area (Å²) >= 11 is 0. The zero-order chi connectivity index (χ0) is 40.9. The smallest absolute Gasteiger partial charge is 0.164 e. The van der Waals surface area contributed by atoms with E-state index < -0.39 is 0 Å². The average molecular weight is 781 g/mol. The van der Waals surface area contributed by atoms with Crippen LogP contribution >= 0.6 is 0 Å². The first-order valence-electron chi connectivity index (χ1n) is 20.8. The number of benzene rings is 8. The Morgan fingerprint density at radius 3 is 1.48 bits per heavy atom. The molecule has 0 bridgehead atoms. The lowest BCUT2D eigenvalue weighted by atomic mass is 9.80. The van der Waals surface area contributed by atoms with Crippen molar-refractivity contribution in [1.82, 2.24) is 19.9 Å². The van der Waals surface area contributed by atoms with Gasteiger partial charge >= 0.3 is 0 Å². The molecule has 0 aliphatic heterocycles.